The first-order valence-corrected chi connectivity index (χ1v) is 16.5. The van der Waals surface area contributed by atoms with Crippen LogP contribution in [0.15, 0.2) is 84.8 Å². The largest absolute Gasteiger partial charge is 0.505 e. The molecule has 0 aliphatic rings. The molecule has 0 fully saturated rings. The van der Waals surface area contributed by atoms with Gasteiger partial charge < -0.3 is 20.6 Å². The molecule has 0 atom stereocenters. The zero-order chi connectivity index (χ0) is 37.7. The summed E-state index contributed by atoms with van der Waals surface area (Å²) in [5.74, 6) is -4.13. The molecule has 0 aliphatic heterocycles. The first-order valence-electron chi connectivity index (χ1n) is 12.6. The fourth-order valence-corrected chi connectivity index (χ4v) is 5.31. The predicted octanol–water partition coefficient (Wildman–Crippen LogP) is 4.14. The van der Waals surface area contributed by atoms with E-state index in [0.717, 1.165) is 55.5 Å². The number of nitro groups is 1. The molecule has 0 aromatic heterocycles. The molecule has 4 aromatic carbocycles. The van der Waals surface area contributed by atoms with Crippen molar-refractivity contribution in [1.82, 2.24) is 0 Å². The number of amides is 1. The molecule has 0 bridgehead atoms. The average Bonchev–Trinajstić information content (AvgIpc) is 2.98. The van der Waals surface area contributed by atoms with Crippen LogP contribution in [0.1, 0.15) is 17.3 Å². The highest BCUT2D eigenvalue weighted by Crippen LogP contribution is 2.48. The fraction of sp³-hybridized carbons (Fsp3) is 0.0400. The highest BCUT2D eigenvalue weighted by Gasteiger charge is 2.25. The van der Waals surface area contributed by atoms with Crippen LogP contribution in [0.25, 0.3) is 10.8 Å². The third-order valence-electron chi connectivity index (χ3n) is 5.94. The number of nitrogens with one attached hydrogen (secondary N) is 1. The van der Waals surface area contributed by atoms with Crippen molar-refractivity contribution in [2.45, 2.75) is 16.7 Å². The molecular weight excluding hydrogens is 737 g/mol. The van der Waals surface area contributed by atoms with Crippen molar-refractivity contribution in [3.8, 4) is 11.5 Å². The summed E-state index contributed by atoms with van der Waals surface area (Å²) in [6.45, 7) is 1.16. The third-order valence-corrected chi connectivity index (χ3v) is 7.69. The maximum absolute atomic E-state index is 12.1. The summed E-state index contributed by atoms with van der Waals surface area (Å²) in [6, 6.07) is 8.76. The van der Waals surface area contributed by atoms with Gasteiger partial charge in [-0.3, -0.25) is 24.0 Å². The number of hydrogen-bond acceptors (Lipinski definition) is 17. The molecule has 0 aliphatic carbocycles. The third kappa shape index (κ3) is 9.20. The van der Waals surface area contributed by atoms with Gasteiger partial charge in [0.1, 0.15) is 32.4 Å². The van der Waals surface area contributed by atoms with E-state index in [1.807, 2.05) is 0 Å². The van der Waals surface area contributed by atoms with Crippen LogP contribution in [0.5, 0.6) is 11.5 Å². The van der Waals surface area contributed by atoms with E-state index in [9.17, 15) is 61.0 Å². The summed E-state index contributed by atoms with van der Waals surface area (Å²) in [6.07, 6.45) is 0. The van der Waals surface area contributed by atoms with Gasteiger partial charge in [0.25, 0.3) is 25.9 Å². The molecule has 1 amide bonds. The smallest absolute Gasteiger partial charge is 0.425 e. The van der Waals surface area contributed by atoms with Gasteiger partial charge in [-0.05, 0) is 47.9 Å². The van der Waals surface area contributed by atoms with Gasteiger partial charge in [-0.2, -0.15) is 21.9 Å². The van der Waals surface area contributed by atoms with Crippen molar-refractivity contribution >= 4 is 87.6 Å². The maximum atomic E-state index is 12.1. The fourth-order valence-electron chi connectivity index (χ4n) is 4.00. The van der Waals surface area contributed by atoms with E-state index in [1.165, 1.54) is 6.07 Å². The van der Waals surface area contributed by atoms with Crippen LogP contribution < -0.4 is 5.32 Å². The van der Waals surface area contributed by atoms with Crippen LogP contribution in [-0.4, -0.2) is 70.7 Å². The average molecular weight is 755 g/mol. The Bertz CT molecular complexity index is 2480. The maximum Gasteiger partial charge on any atom is 0.425 e. The van der Waals surface area contributed by atoms with E-state index >= 15 is 0 Å². The monoisotopic (exact) mass is 754 g/mol. The number of carboxylic acid groups (broad SMARTS) is 1. The van der Waals surface area contributed by atoms with Crippen molar-refractivity contribution in [2.24, 2.45) is 20.5 Å². The Balaban J connectivity index is 0.00000160. The molecule has 0 unspecified atom stereocenters. The first-order chi connectivity index (χ1) is 23.1. The van der Waals surface area contributed by atoms with Crippen molar-refractivity contribution in [3.63, 3.8) is 0 Å². The Kier molecular flexibility index (Phi) is 11.3. The predicted molar refractivity (Wildman–Crippen MR) is 166 cm³/mol. The Morgan fingerprint density at radius 3 is 1.92 bits per heavy atom. The zero-order valence-corrected chi connectivity index (χ0v) is 26.8. The van der Waals surface area contributed by atoms with Crippen LogP contribution in [-0.2, 0) is 35.6 Å². The number of benzene rings is 4. The summed E-state index contributed by atoms with van der Waals surface area (Å²) in [4.78, 5) is 31.1. The number of aromatic carboxylic acids is 1. The number of azo groups is 2. The van der Waals surface area contributed by atoms with Gasteiger partial charge in [-0.1, -0.05) is 6.07 Å². The van der Waals surface area contributed by atoms with Crippen molar-refractivity contribution in [1.29, 1.82) is 0 Å². The number of carboxylic acids is 1. The molecule has 0 spiro atoms. The Morgan fingerprint density at radius 1 is 0.800 bits per heavy atom. The molecule has 50 heavy (non-hydrogen) atoms. The number of rotatable bonds is 9. The van der Waals surface area contributed by atoms with Crippen molar-refractivity contribution < 1.29 is 68.4 Å². The second kappa shape index (κ2) is 14.9. The SMILES string of the molecule is CC(=O)Nc1ccc(N=Nc2ccc3cc(S(=O)(=O)O)c(N=Nc4ccc([N+](=O)[O-])c(C(=O)O)c4)c(O)c3c2O)c(S(=O)(=O)O)c1.O=S(=O)=O. The lowest BCUT2D eigenvalue weighted by molar-refractivity contribution is -0.385. The van der Waals surface area contributed by atoms with E-state index in [1.54, 1.807) is 0 Å². The van der Waals surface area contributed by atoms with E-state index in [0.29, 0.717) is 0 Å². The first kappa shape index (κ1) is 38.2. The molecule has 25 heteroatoms. The second-order valence-electron chi connectivity index (χ2n) is 9.28. The summed E-state index contributed by atoms with van der Waals surface area (Å²) < 4.78 is 92.8. The van der Waals surface area contributed by atoms with E-state index in [4.69, 9.17) is 12.6 Å². The minimum atomic E-state index is -5.12. The van der Waals surface area contributed by atoms with Gasteiger partial charge in [-0.25, -0.2) is 4.79 Å². The lowest BCUT2D eigenvalue weighted by Gasteiger charge is -2.11. The van der Waals surface area contributed by atoms with Gasteiger partial charge in [0.05, 0.1) is 16.0 Å². The summed E-state index contributed by atoms with van der Waals surface area (Å²) in [7, 11) is -13.1. The number of nitro benzene ring substituents is 1. The quantitative estimate of drug-likeness (QED) is 0.0605. The zero-order valence-electron chi connectivity index (χ0n) is 24.4. The molecule has 22 nitrogen and oxygen atoms in total. The molecule has 262 valence electrons. The summed E-state index contributed by atoms with van der Waals surface area (Å²) in [5.41, 5.74) is -3.68. The highest BCUT2D eigenvalue weighted by molar-refractivity contribution is 7.86. The lowest BCUT2D eigenvalue weighted by atomic mass is 10.1. The molecular formula is C25H18N6O16S3. The van der Waals surface area contributed by atoms with Gasteiger partial charge in [0.2, 0.25) is 5.91 Å². The topological polar surface area (TPSA) is 359 Å². The van der Waals surface area contributed by atoms with Gasteiger partial charge in [0.15, 0.2) is 11.5 Å². The highest BCUT2D eigenvalue weighted by atomic mass is 32.2. The normalized spacial score (nSPS) is 11.7. The number of aromatic hydroxyl groups is 2. The number of anilines is 1. The summed E-state index contributed by atoms with van der Waals surface area (Å²) in [5, 5.41) is 58.6. The Labute approximate surface area is 279 Å². The molecule has 6 N–H and O–H groups in total. The number of nitrogens with zero attached hydrogens (tertiary/aromatic N) is 5. The van der Waals surface area contributed by atoms with Crippen LogP contribution >= 0.6 is 0 Å². The van der Waals surface area contributed by atoms with E-state index in [2.05, 4.69) is 25.8 Å². The second-order valence-corrected chi connectivity index (χ2v) is 12.5. The molecule has 4 aromatic rings. The molecule has 0 radical (unpaired) electrons. The minimum absolute atomic E-state index is 0.00166. The van der Waals surface area contributed by atoms with Crippen LogP contribution in [0.4, 0.5) is 34.1 Å². The van der Waals surface area contributed by atoms with Crippen LogP contribution in [0.2, 0.25) is 0 Å². The minimum Gasteiger partial charge on any atom is -0.505 e. The van der Waals surface area contributed by atoms with Crippen molar-refractivity contribution in [3.05, 3.63) is 70.3 Å². The summed E-state index contributed by atoms with van der Waals surface area (Å²) >= 11 is 0. The molecule has 0 heterocycles. The Hall–Kier alpha value is -6.28. The number of carbonyl (C=O) groups excluding carboxylic acids is 1. The lowest BCUT2D eigenvalue weighted by Crippen LogP contribution is -2.07. The van der Waals surface area contributed by atoms with E-state index < -0.39 is 103 Å². The standard InChI is InChI=1S/C25H18N6O13S2.O3S/c1-11(32)26-13-3-6-16(19(10-13)45(39,40)41)28-29-17-5-2-12-8-20(46(42,43)44)22(24(34)21(12)23(17)33)30-27-14-4-7-18(31(37)38)15(9-14)25(35)36;1-4(2)3/h2-10,33-34H,1H3,(H,26,32)(H,35,36)(H,39,40,41)(H,42,43,44);. The number of carbonyl (C=O) groups is 2. The molecule has 4 rings (SSSR count). The number of phenolic OH excluding ortho intramolecular Hbond substituents is 2. The number of fused-ring (bicyclic) bond motifs is 1. The van der Waals surface area contributed by atoms with Crippen LogP contribution in [0, 0.1) is 10.1 Å². The molecule has 0 saturated heterocycles. The van der Waals surface area contributed by atoms with Gasteiger partial charge in [-0.15, -0.1) is 28.0 Å². The molecule has 0 saturated carbocycles. The van der Waals surface area contributed by atoms with Crippen LogP contribution in [0.3, 0.4) is 0 Å². The van der Waals surface area contributed by atoms with Gasteiger partial charge in [0, 0.05) is 18.7 Å². The van der Waals surface area contributed by atoms with Gasteiger partial charge >= 0.3 is 16.6 Å². The number of phenols is 2. The van der Waals surface area contributed by atoms with E-state index in [-0.39, 0.29) is 16.8 Å². The Morgan fingerprint density at radius 2 is 1.38 bits per heavy atom. The number of hydrogen-bond donors (Lipinski definition) is 6. The van der Waals surface area contributed by atoms with Crippen molar-refractivity contribution in [2.75, 3.05) is 5.32 Å².